The van der Waals surface area contributed by atoms with Gasteiger partial charge in [-0.05, 0) is 36.8 Å². The Kier molecular flexibility index (Phi) is 2.49. The van der Waals surface area contributed by atoms with Crippen LogP contribution in [0.1, 0.15) is 30.4 Å². The molecule has 0 bridgehead atoms. The van der Waals surface area contributed by atoms with Crippen molar-refractivity contribution in [1.82, 2.24) is 0 Å². The molecule has 1 aromatic rings. The number of hydrogen-bond donors (Lipinski definition) is 1. The molecule has 1 aliphatic carbocycles. The second-order valence-electron chi connectivity index (χ2n) is 4.98. The summed E-state index contributed by atoms with van der Waals surface area (Å²) in [6.45, 7) is 1.57. The smallest absolute Gasteiger partial charge is 0.0641 e. The molecule has 1 aliphatic heterocycles. The van der Waals surface area contributed by atoms with Crippen molar-refractivity contribution in [2.24, 2.45) is 0 Å². The quantitative estimate of drug-likeness (QED) is 0.722. The number of hydrogen-bond acceptors (Lipinski definition) is 2. The molecule has 16 heavy (non-hydrogen) atoms. The fourth-order valence-corrected chi connectivity index (χ4v) is 3.31. The van der Waals surface area contributed by atoms with E-state index in [0.29, 0.717) is 0 Å². The summed E-state index contributed by atoms with van der Waals surface area (Å²) in [6, 6.07) is 8.60. The van der Waals surface area contributed by atoms with Crippen molar-refractivity contribution in [3.63, 3.8) is 0 Å². The monoisotopic (exact) mass is 218 g/mol. The standard InChI is InChI=1S/C14H18O2/c15-13-6-5-11-3-1-2-4-12(11)14(13)7-9-16-10-8-14/h1-4,13,15H,5-10H2. The predicted octanol–water partition coefficient (Wildman–Crippen LogP) is 2.04. The summed E-state index contributed by atoms with van der Waals surface area (Å²) in [4.78, 5) is 0. The average molecular weight is 218 g/mol. The van der Waals surface area contributed by atoms with E-state index in [1.807, 2.05) is 0 Å². The third-order valence-electron chi connectivity index (χ3n) is 4.26. The average Bonchev–Trinajstić information content (AvgIpc) is 2.36. The van der Waals surface area contributed by atoms with Gasteiger partial charge in [-0.15, -0.1) is 0 Å². The third-order valence-corrected chi connectivity index (χ3v) is 4.26. The van der Waals surface area contributed by atoms with Gasteiger partial charge < -0.3 is 9.84 Å². The lowest BCUT2D eigenvalue weighted by Gasteiger charge is -2.45. The Morgan fingerprint density at radius 2 is 1.94 bits per heavy atom. The zero-order chi connectivity index (χ0) is 11.0. The van der Waals surface area contributed by atoms with Crippen molar-refractivity contribution in [3.8, 4) is 0 Å². The van der Waals surface area contributed by atoms with Gasteiger partial charge in [0, 0.05) is 18.6 Å². The second kappa shape index (κ2) is 3.86. The van der Waals surface area contributed by atoms with Gasteiger partial charge in [-0.3, -0.25) is 0 Å². The van der Waals surface area contributed by atoms with E-state index in [4.69, 9.17) is 4.74 Å². The van der Waals surface area contributed by atoms with Crippen molar-refractivity contribution in [3.05, 3.63) is 35.4 Å². The molecule has 1 fully saturated rings. The van der Waals surface area contributed by atoms with Gasteiger partial charge in [0.05, 0.1) is 6.10 Å². The molecular weight excluding hydrogens is 200 g/mol. The highest BCUT2D eigenvalue weighted by Gasteiger charge is 2.44. The highest BCUT2D eigenvalue weighted by molar-refractivity contribution is 5.38. The first-order chi connectivity index (χ1) is 7.83. The summed E-state index contributed by atoms with van der Waals surface area (Å²) in [6.07, 6.45) is 3.65. The van der Waals surface area contributed by atoms with Crippen molar-refractivity contribution in [1.29, 1.82) is 0 Å². The molecule has 1 N–H and O–H groups in total. The van der Waals surface area contributed by atoms with E-state index >= 15 is 0 Å². The summed E-state index contributed by atoms with van der Waals surface area (Å²) in [5.41, 5.74) is 2.78. The van der Waals surface area contributed by atoms with Crippen LogP contribution in [0.2, 0.25) is 0 Å². The van der Waals surface area contributed by atoms with E-state index < -0.39 is 0 Å². The molecule has 1 spiro atoms. The van der Waals surface area contributed by atoms with Crippen LogP contribution < -0.4 is 0 Å². The Bertz CT molecular complexity index is 380. The Balaban J connectivity index is 2.08. The SMILES string of the molecule is OC1CCc2ccccc2C12CCOCC2. The number of aryl methyl sites for hydroxylation is 1. The predicted molar refractivity (Wildman–Crippen MR) is 62.5 cm³/mol. The summed E-state index contributed by atoms with van der Waals surface area (Å²) in [7, 11) is 0. The van der Waals surface area contributed by atoms with Gasteiger partial charge in [0.2, 0.25) is 0 Å². The minimum Gasteiger partial charge on any atom is -0.392 e. The maximum atomic E-state index is 10.4. The molecule has 1 unspecified atom stereocenters. The van der Waals surface area contributed by atoms with Gasteiger partial charge >= 0.3 is 0 Å². The normalized spacial score (nSPS) is 27.7. The molecule has 0 aromatic heterocycles. The highest BCUT2D eigenvalue weighted by atomic mass is 16.5. The Morgan fingerprint density at radius 3 is 2.75 bits per heavy atom. The van der Waals surface area contributed by atoms with E-state index in [9.17, 15) is 5.11 Å². The Morgan fingerprint density at radius 1 is 1.19 bits per heavy atom. The minimum absolute atomic E-state index is 0.0207. The molecule has 2 heteroatoms. The molecular formula is C14H18O2. The van der Waals surface area contributed by atoms with Crippen molar-refractivity contribution < 1.29 is 9.84 Å². The van der Waals surface area contributed by atoms with Crippen LogP contribution in [0.25, 0.3) is 0 Å². The van der Waals surface area contributed by atoms with Gasteiger partial charge in [0.1, 0.15) is 0 Å². The molecule has 0 amide bonds. The van der Waals surface area contributed by atoms with E-state index in [1.54, 1.807) is 0 Å². The Labute approximate surface area is 96.2 Å². The fraction of sp³-hybridized carbons (Fsp3) is 0.571. The lowest BCUT2D eigenvalue weighted by Crippen LogP contribution is -2.47. The molecule has 1 saturated heterocycles. The van der Waals surface area contributed by atoms with Crippen LogP contribution >= 0.6 is 0 Å². The van der Waals surface area contributed by atoms with Crippen LogP contribution in [-0.4, -0.2) is 24.4 Å². The van der Waals surface area contributed by atoms with Crippen molar-refractivity contribution in [2.45, 2.75) is 37.2 Å². The number of aliphatic hydroxyl groups is 1. The maximum absolute atomic E-state index is 10.4. The van der Waals surface area contributed by atoms with Crippen LogP contribution in [0.5, 0.6) is 0 Å². The summed E-state index contributed by atoms with van der Waals surface area (Å²) < 4.78 is 5.45. The second-order valence-corrected chi connectivity index (χ2v) is 4.98. The van der Waals surface area contributed by atoms with E-state index in [-0.39, 0.29) is 11.5 Å². The maximum Gasteiger partial charge on any atom is 0.0641 e. The molecule has 1 heterocycles. The van der Waals surface area contributed by atoms with Crippen LogP contribution in [0.15, 0.2) is 24.3 Å². The number of ether oxygens (including phenoxy) is 1. The van der Waals surface area contributed by atoms with Crippen LogP contribution in [-0.2, 0) is 16.6 Å². The molecule has 86 valence electrons. The summed E-state index contributed by atoms with van der Waals surface area (Å²) >= 11 is 0. The van der Waals surface area contributed by atoms with Crippen LogP contribution in [0.3, 0.4) is 0 Å². The Hall–Kier alpha value is -0.860. The van der Waals surface area contributed by atoms with Gasteiger partial charge in [-0.1, -0.05) is 24.3 Å². The van der Waals surface area contributed by atoms with Crippen molar-refractivity contribution in [2.75, 3.05) is 13.2 Å². The largest absolute Gasteiger partial charge is 0.392 e. The zero-order valence-corrected chi connectivity index (χ0v) is 9.48. The van der Waals surface area contributed by atoms with Crippen LogP contribution in [0.4, 0.5) is 0 Å². The van der Waals surface area contributed by atoms with Gasteiger partial charge in [0.15, 0.2) is 0 Å². The molecule has 1 aromatic carbocycles. The first kappa shape index (κ1) is 10.3. The number of rotatable bonds is 0. The summed E-state index contributed by atoms with van der Waals surface area (Å²) in [5, 5.41) is 10.4. The van der Waals surface area contributed by atoms with E-state index in [0.717, 1.165) is 38.9 Å². The lowest BCUT2D eigenvalue weighted by atomic mass is 9.64. The van der Waals surface area contributed by atoms with Crippen molar-refractivity contribution >= 4 is 0 Å². The molecule has 2 nitrogen and oxygen atoms in total. The van der Waals surface area contributed by atoms with Gasteiger partial charge in [0.25, 0.3) is 0 Å². The first-order valence-electron chi connectivity index (χ1n) is 6.17. The van der Waals surface area contributed by atoms with E-state index in [2.05, 4.69) is 24.3 Å². The number of fused-ring (bicyclic) bond motifs is 2. The lowest BCUT2D eigenvalue weighted by molar-refractivity contribution is -0.0237. The minimum atomic E-state index is -0.189. The van der Waals surface area contributed by atoms with E-state index in [1.165, 1.54) is 11.1 Å². The molecule has 0 radical (unpaired) electrons. The molecule has 3 rings (SSSR count). The zero-order valence-electron chi connectivity index (χ0n) is 9.48. The first-order valence-corrected chi connectivity index (χ1v) is 6.17. The van der Waals surface area contributed by atoms with Gasteiger partial charge in [-0.25, -0.2) is 0 Å². The van der Waals surface area contributed by atoms with Gasteiger partial charge in [-0.2, -0.15) is 0 Å². The highest BCUT2D eigenvalue weighted by Crippen LogP contribution is 2.44. The molecule has 1 atom stereocenters. The number of benzene rings is 1. The summed E-state index contributed by atoms with van der Waals surface area (Å²) in [5.74, 6) is 0. The fourth-order valence-electron chi connectivity index (χ4n) is 3.31. The van der Waals surface area contributed by atoms with Crippen LogP contribution in [0, 0.1) is 0 Å². The molecule has 2 aliphatic rings. The molecule has 0 saturated carbocycles. The third kappa shape index (κ3) is 1.40. The number of aliphatic hydroxyl groups excluding tert-OH is 1. The topological polar surface area (TPSA) is 29.5 Å².